The van der Waals surface area contributed by atoms with Gasteiger partial charge >= 0.3 is 0 Å². The molecule has 154 valence electrons. The van der Waals surface area contributed by atoms with E-state index >= 15 is 0 Å². The number of aromatic hydroxyl groups is 1. The first-order valence-corrected chi connectivity index (χ1v) is 9.73. The van der Waals surface area contributed by atoms with E-state index in [1.165, 1.54) is 38.5 Å². The van der Waals surface area contributed by atoms with Gasteiger partial charge in [0.25, 0.3) is 0 Å². The van der Waals surface area contributed by atoms with Crippen LogP contribution in [0, 0.1) is 0 Å². The number of benzene rings is 1. The number of phenolic OH excluding ortho intramolecular Hbond substituents is 1. The number of guanidine groups is 1. The summed E-state index contributed by atoms with van der Waals surface area (Å²) in [6, 6.07) is 5.43. The van der Waals surface area contributed by atoms with Crippen molar-refractivity contribution in [2.45, 2.75) is 58.1 Å². The summed E-state index contributed by atoms with van der Waals surface area (Å²) >= 11 is 0. The van der Waals surface area contributed by atoms with Crippen LogP contribution >= 0.6 is 24.0 Å². The Kier molecular flexibility index (Phi) is 12.2. The Morgan fingerprint density at radius 1 is 1.19 bits per heavy atom. The van der Waals surface area contributed by atoms with Gasteiger partial charge in [0.15, 0.2) is 17.5 Å². The molecule has 6 nitrogen and oxygen atoms in total. The minimum absolute atomic E-state index is 0. The topological polar surface area (TPSA) is 75.1 Å². The van der Waals surface area contributed by atoms with Gasteiger partial charge in [-0.2, -0.15) is 0 Å². The van der Waals surface area contributed by atoms with Gasteiger partial charge in [0.2, 0.25) is 0 Å². The first-order valence-electron chi connectivity index (χ1n) is 9.73. The molecule has 0 bridgehead atoms. The summed E-state index contributed by atoms with van der Waals surface area (Å²) in [6.07, 6.45) is 8.02. The Morgan fingerprint density at radius 3 is 2.59 bits per heavy atom. The molecule has 0 spiro atoms. The maximum absolute atomic E-state index is 10.2. The SMILES string of the molecule is CCNC(=NCc1cccc(OC)c1O)NCCOC1CCCCCC1.I. The van der Waals surface area contributed by atoms with Crippen molar-refractivity contribution in [2.75, 3.05) is 26.8 Å². The Bertz CT molecular complexity index is 561. The van der Waals surface area contributed by atoms with E-state index in [0.29, 0.717) is 31.5 Å². The highest BCUT2D eigenvalue weighted by Crippen LogP contribution is 2.29. The monoisotopic (exact) mass is 491 g/mol. The molecule has 0 radical (unpaired) electrons. The van der Waals surface area contributed by atoms with Crippen molar-refractivity contribution in [1.29, 1.82) is 0 Å². The van der Waals surface area contributed by atoms with Crippen LogP contribution in [0.2, 0.25) is 0 Å². The Morgan fingerprint density at radius 2 is 1.93 bits per heavy atom. The third-order valence-electron chi connectivity index (χ3n) is 4.60. The van der Waals surface area contributed by atoms with Crippen molar-refractivity contribution < 1.29 is 14.6 Å². The number of nitrogens with one attached hydrogen (secondary N) is 2. The van der Waals surface area contributed by atoms with Gasteiger partial charge in [-0.05, 0) is 25.8 Å². The van der Waals surface area contributed by atoms with Crippen molar-refractivity contribution in [2.24, 2.45) is 4.99 Å². The number of para-hydroxylation sites is 1. The molecule has 27 heavy (non-hydrogen) atoms. The van der Waals surface area contributed by atoms with Crippen molar-refractivity contribution >= 4 is 29.9 Å². The zero-order chi connectivity index (χ0) is 18.6. The zero-order valence-electron chi connectivity index (χ0n) is 16.5. The second-order valence-electron chi connectivity index (χ2n) is 6.57. The molecular formula is C20H34IN3O3. The molecule has 0 aromatic heterocycles. The predicted octanol–water partition coefficient (Wildman–Crippen LogP) is 3.81. The van der Waals surface area contributed by atoms with E-state index in [2.05, 4.69) is 15.6 Å². The van der Waals surface area contributed by atoms with Gasteiger partial charge in [-0.15, -0.1) is 24.0 Å². The van der Waals surface area contributed by atoms with Gasteiger partial charge < -0.3 is 25.2 Å². The lowest BCUT2D eigenvalue weighted by molar-refractivity contribution is 0.0468. The lowest BCUT2D eigenvalue weighted by Gasteiger charge is -2.17. The number of phenols is 1. The first kappa shape index (κ1) is 23.8. The molecule has 0 aliphatic heterocycles. The quantitative estimate of drug-likeness (QED) is 0.170. The van der Waals surface area contributed by atoms with Gasteiger partial charge in [-0.3, -0.25) is 0 Å². The first-order chi connectivity index (χ1) is 12.7. The average molecular weight is 491 g/mol. The van der Waals surface area contributed by atoms with Gasteiger partial charge in [0.1, 0.15) is 0 Å². The largest absolute Gasteiger partial charge is 0.504 e. The number of methoxy groups -OCH3 is 1. The number of nitrogens with zero attached hydrogens (tertiary/aromatic N) is 1. The van der Waals surface area contributed by atoms with Crippen LogP contribution in [0.4, 0.5) is 0 Å². The summed E-state index contributed by atoms with van der Waals surface area (Å²) in [6.45, 7) is 4.58. The van der Waals surface area contributed by atoms with E-state index in [1.54, 1.807) is 13.2 Å². The number of halogens is 1. The number of aliphatic imine (C=N–C) groups is 1. The lowest BCUT2D eigenvalue weighted by atomic mass is 10.1. The minimum Gasteiger partial charge on any atom is -0.504 e. The van der Waals surface area contributed by atoms with Crippen LogP contribution in [-0.4, -0.2) is 44.0 Å². The van der Waals surface area contributed by atoms with Crippen molar-refractivity contribution in [1.82, 2.24) is 10.6 Å². The number of hydrogen-bond donors (Lipinski definition) is 3. The summed E-state index contributed by atoms with van der Waals surface area (Å²) in [7, 11) is 1.54. The Hall–Kier alpha value is -1.22. The third-order valence-corrected chi connectivity index (χ3v) is 4.60. The van der Waals surface area contributed by atoms with Crippen LogP contribution < -0.4 is 15.4 Å². The molecule has 1 aromatic rings. The van der Waals surface area contributed by atoms with E-state index in [9.17, 15) is 5.11 Å². The van der Waals surface area contributed by atoms with Crippen LogP contribution in [-0.2, 0) is 11.3 Å². The second kappa shape index (κ2) is 13.9. The minimum atomic E-state index is 0. The van der Waals surface area contributed by atoms with Gasteiger partial charge in [0, 0.05) is 18.7 Å². The fourth-order valence-corrected chi connectivity index (χ4v) is 3.17. The molecule has 3 N–H and O–H groups in total. The van der Waals surface area contributed by atoms with E-state index in [-0.39, 0.29) is 29.7 Å². The van der Waals surface area contributed by atoms with Crippen molar-refractivity contribution in [3.8, 4) is 11.5 Å². The molecule has 1 aliphatic carbocycles. The zero-order valence-corrected chi connectivity index (χ0v) is 18.8. The molecule has 7 heteroatoms. The maximum atomic E-state index is 10.2. The molecule has 0 atom stereocenters. The molecule has 0 saturated heterocycles. The molecule has 0 amide bonds. The number of rotatable bonds is 8. The lowest BCUT2D eigenvalue weighted by Crippen LogP contribution is -2.39. The summed E-state index contributed by atoms with van der Waals surface area (Å²) in [5.74, 6) is 1.33. The average Bonchev–Trinajstić information content (AvgIpc) is 2.93. The summed E-state index contributed by atoms with van der Waals surface area (Å²) < 4.78 is 11.1. The van der Waals surface area contributed by atoms with Gasteiger partial charge in [0.05, 0.1) is 26.4 Å². The standard InChI is InChI=1S/C20H33N3O3.HI/c1-3-21-20(22-13-14-26-17-10-6-4-5-7-11-17)23-15-16-9-8-12-18(25-2)19(16)24;/h8-9,12,17,24H,3-7,10-11,13-15H2,1-2H3,(H2,21,22,23);1H. The highest BCUT2D eigenvalue weighted by molar-refractivity contribution is 14.0. The van der Waals surface area contributed by atoms with E-state index in [0.717, 1.165) is 18.1 Å². The molecular weight excluding hydrogens is 457 g/mol. The Labute approximate surface area is 180 Å². The van der Waals surface area contributed by atoms with E-state index in [4.69, 9.17) is 9.47 Å². The molecule has 2 rings (SSSR count). The smallest absolute Gasteiger partial charge is 0.191 e. The summed E-state index contributed by atoms with van der Waals surface area (Å²) in [5, 5.41) is 16.7. The van der Waals surface area contributed by atoms with Crippen LogP contribution in [0.25, 0.3) is 0 Å². The van der Waals surface area contributed by atoms with Crippen LogP contribution in [0.1, 0.15) is 51.0 Å². The van der Waals surface area contributed by atoms with Crippen molar-refractivity contribution in [3.63, 3.8) is 0 Å². The summed E-state index contributed by atoms with van der Waals surface area (Å²) in [5.41, 5.74) is 0.733. The third kappa shape index (κ3) is 8.55. The molecule has 1 aromatic carbocycles. The molecule has 1 saturated carbocycles. The molecule has 0 heterocycles. The highest BCUT2D eigenvalue weighted by atomic mass is 127. The normalized spacial score (nSPS) is 15.6. The van der Waals surface area contributed by atoms with Gasteiger partial charge in [-0.1, -0.05) is 37.8 Å². The molecule has 1 fully saturated rings. The van der Waals surface area contributed by atoms with Gasteiger partial charge in [-0.25, -0.2) is 4.99 Å². The van der Waals surface area contributed by atoms with Crippen LogP contribution in [0.15, 0.2) is 23.2 Å². The number of ether oxygens (including phenoxy) is 2. The number of hydrogen-bond acceptors (Lipinski definition) is 4. The van der Waals surface area contributed by atoms with E-state index < -0.39 is 0 Å². The summed E-state index contributed by atoms with van der Waals surface area (Å²) in [4.78, 5) is 4.54. The highest BCUT2D eigenvalue weighted by Gasteiger charge is 2.12. The van der Waals surface area contributed by atoms with Crippen LogP contribution in [0.5, 0.6) is 11.5 Å². The second-order valence-corrected chi connectivity index (χ2v) is 6.57. The fourth-order valence-electron chi connectivity index (χ4n) is 3.17. The molecule has 0 unspecified atom stereocenters. The predicted molar refractivity (Wildman–Crippen MR) is 120 cm³/mol. The fraction of sp³-hybridized carbons (Fsp3) is 0.650. The maximum Gasteiger partial charge on any atom is 0.191 e. The van der Waals surface area contributed by atoms with Crippen LogP contribution in [0.3, 0.4) is 0 Å². The Balaban J connectivity index is 0.00000364. The van der Waals surface area contributed by atoms with E-state index in [1.807, 2.05) is 19.1 Å². The molecule has 1 aliphatic rings. The van der Waals surface area contributed by atoms with Crippen molar-refractivity contribution in [3.05, 3.63) is 23.8 Å².